The predicted octanol–water partition coefficient (Wildman–Crippen LogP) is 4.81. The maximum absolute atomic E-state index is 11.9. The molecule has 0 aliphatic carbocycles. The van der Waals surface area contributed by atoms with E-state index >= 15 is 0 Å². The van der Waals surface area contributed by atoms with Crippen LogP contribution in [0.15, 0.2) is 54.6 Å². The summed E-state index contributed by atoms with van der Waals surface area (Å²) in [6.45, 7) is 7.05. The van der Waals surface area contributed by atoms with E-state index in [1.165, 1.54) is 16.7 Å². The smallest absolute Gasteiger partial charge is 0.250 e. The normalized spacial score (nSPS) is 10.9. The van der Waals surface area contributed by atoms with Gasteiger partial charge in [-0.2, -0.15) is 0 Å². The van der Waals surface area contributed by atoms with Gasteiger partial charge in [0.1, 0.15) is 0 Å². The Bertz CT molecular complexity index is 923. The van der Waals surface area contributed by atoms with Crippen molar-refractivity contribution in [1.82, 2.24) is 4.57 Å². The van der Waals surface area contributed by atoms with Gasteiger partial charge in [-0.25, -0.2) is 0 Å². The minimum atomic E-state index is -0.365. The van der Waals surface area contributed by atoms with Crippen LogP contribution in [0.5, 0.6) is 0 Å². The van der Waals surface area contributed by atoms with E-state index in [1.807, 2.05) is 19.1 Å². The zero-order chi connectivity index (χ0) is 18.7. The summed E-state index contributed by atoms with van der Waals surface area (Å²) < 4.78 is 2.24. The predicted molar refractivity (Wildman–Crippen MR) is 107 cm³/mol. The van der Waals surface area contributed by atoms with E-state index in [-0.39, 0.29) is 5.91 Å². The molecule has 0 bridgehead atoms. The zero-order valence-electron chi connectivity index (χ0n) is 15.8. The molecule has 2 N–H and O–H groups in total. The van der Waals surface area contributed by atoms with E-state index in [4.69, 9.17) is 5.73 Å². The van der Waals surface area contributed by atoms with Crippen molar-refractivity contribution >= 4 is 5.91 Å². The minimum absolute atomic E-state index is 0.365. The molecule has 3 rings (SSSR count). The van der Waals surface area contributed by atoms with E-state index in [2.05, 4.69) is 60.9 Å². The summed E-state index contributed by atoms with van der Waals surface area (Å²) in [6, 6.07) is 18.9. The van der Waals surface area contributed by atoms with E-state index in [9.17, 15) is 4.79 Å². The molecule has 2 aromatic carbocycles. The first kappa shape index (κ1) is 18.0. The Balaban J connectivity index is 1.93. The first-order valence-corrected chi connectivity index (χ1v) is 9.09. The summed E-state index contributed by atoms with van der Waals surface area (Å²) in [6.07, 6.45) is 2.02. The lowest BCUT2D eigenvalue weighted by atomic mass is 10.0. The lowest BCUT2D eigenvalue weighted by Gasteiger charge is -2.14. The fourth-order valence-corrected chi connectivity index (χ4v) is 3.59. The van der Waals surface area contributed by atoms with E-state index < -0.39 is 0 Å². The van der Waals surface area contributed by atoms with Gasteiger partial charge >= 0.3 is 0 Å². The molecular weight excluding hydrogens is 320 g/mol. The Morgan fingerprint density at radius 1 is 1.00 bits per heavy atom. The first-order chi connectivity index (χ1) is 12.5. The third kappa shape index (κ3) is 3.72. The number of benzene rings is 2. The first-order valence-electron chi connectivity index (χ1n) is 9.09. The van der Waals surface area contributed by atoms with Crippen LogP contribution in [0.25, 0.3) is 11.3 Å². The van der Waals surface area contributed by atoms with E-state index in [1.54, 1.807) is 0 Å². The zero-order valence-corrected chi connectivity index (χ0v) is 15.8. The third-order valence-electron chi connectivity index (χ3n) is 4.98. The Labute approximate surface area is 155 Å². The number of aryl methyl sites for hydroxylation is 3. The highest BCUT2D eigenvalue weighted by Crippen LogP contribution is 2.29. The van der Waals surface area contributed by atoms with Gasteiger partial charge in [-0.15, -0.1) is 0 Å². The molecule has 1 aromatic heterocycles. The number of nitrogens with zero attached hydrogens (tertiary/aromatic N) is 1. The molecule has 0 aliphatic heterocycles. The highest BCUT2D eigenvalue weighted by molar-refractivity contribution is 5.95. The fraction of sp³-hybridized carbons (Fsp3) is 0.261. The maximum Gasteiger partial charge on any atom is 0.250 e. The van der Waals surface area contributed by atoms with Crippen LogP contribution < -0.4 is 5.73 Å². The summed E-state index contributed by atoms with van der Waals surface area (Å²) in [5, 5.41) is 0. The SMILES string of the molecule is Cc1ccc(-c2cc(C(N)=O)c(C)n2CCCc2ccccc2)c(C)c1. The van der Waals surface area contributed by atoms with Crippen molar-refractivity contribution in [2.75, 3.05) is 0 Å². The second kappa shape index (κ2) is 7.61. The second-order valence-electron chi connectivity index (χ2n) is 6.95. The maximum atomic E-state index is 11.9. The van der Waals surface area contributed by atoms with Crippen molar-refractivity contribution < 1.29 is 4.79 Å². The third-order valence-corrected chi connectivity index (χ3v) is 4.98. The largest absolute Gasteiger partial charge is 0.366 e. The topological polar surface area (TPSA) is 48.0 Å². The van der Waals surface area contributed by atoms with E-state index in [0.29, 0.717) is 5.56 Å². The molecule has 0 saturated heterocycles. The molecule has 0 unspecified atom stereocenters. The van der Waals surface area contributed by atoms with Crippen molar-refractivity contribution in [3.8, 4) is 11.3 Å². The number of rotatable bonds is 6. The Kier molecular flexibility index (Phi) is 5.27. The van der Waals surface area contributed by atoms with Gasteiger partial charge in [0.05, 0.1) is 5.56 Å². The lowest BCUT2D eigenvalue weighted by molar-refractivity contribution is 0.0999. The number of nitrogens with two attached hydrogens (primary N) is 1. The number of hydrogen-bond donors (Lipinski definition) is 1. The summed E-state index contributed by atoms with van der Waals surface area (Å²) in [7, 11) is 0. The van der Waals surface area contributed by atoms with Gasteiger partial charge in [0.2, 0.25) is 0 Å². The number of aromatic nitrogens is 1. The second-order valence-corrected chi connectivity index (χ2v) is 6.95. The Morgan fingerprint density at radius 2 is 1.73 bits per heavy atom. The molecule has 0 fully saturated rings. The number of carbonyl (C=O) groups is 1. The molecule has 1 amide bonds. The van der Waals surface area contributed by atoms with Crippen LogP contribution in [-0.2, 0) is 13.0 Å². The van der Waals surface area contributed by atoms with Crippen LogP contribution >= 0.6 is 0 Å². The average Bonchev–Trinajstić information content (AvgIpc) is 2.93. The minimum Gasteiger partial charge on any atom is -0.366 e. The van der Waals surface area contributed by atoms with Gasteiger partial charge in [0.25, 0.3) is 5.91 Å². The molecule has 3 heteroatoms. The van der Waals surface area contributed by atoms with Crippen molar-refractivity contribution in [2.45, 2.75) is 40.2 Å². The summed E-state index contributed by atoms with van der Waals surface area (Å²) in [4.78, 5) is 11.9. The highest BCUT2D eigenvalue weighted by atomic mass is 16.1. The molecule has 0 atom stereocenters. The molecule has 0 radical (unpaired) electrons. The standard InChI is InChI=1S/C23H26N2O/c1-16-11-12-20(17(2)14-16)22-15-21(23(24)26)18(3)25(22)13-7-10-19-8-5-4-6-9-19/h4-6,8-9,11-12,14-15H,7,10,13H2,1-3H3,(H2,24,26). The van der Waals surface area contributed by atoms with Crippen LogP contribution in [-0.4, -0.2) is 10.5 Å². The Hall–Kier alpha value is -2.81. The summed E-state index contributed by atoms with van der Waals surface area (Å²) >= 11 is 0. The van der Waals surface area contributed by atoms with Crippen molar-refractivity contribution in [1.29, 1.82) is 0 Å². The summed E-state index contributed by atoms with van der Waals surface area (Å²) in [5.41, 5.74) is 13.2. The van der Waals surface area contributed by atoms with Gasteiger partial charge in [-0.05, 0) is 50.8 Å². The van der Waals surface area contributed by atoms with Crippen molar-refractivity contribution in [3.63, 3.8) is 0 Å². The summed E-state index contributed by atoms with van der Waals surface area (Å²) in [5.74, 6) is -0.365. The number of carbonyl (C=O) groups excluding carboxylic acids is 1. The molecule has 3 nitrogen and oxygen atoms in total. The van der Waals surface area contributed by atoms with Crippen LogP contribution in [0.2, 0.25) is 0 Å². The van der Waals surface area contributed by atoms with Gasteiger partial charge in [-0.1, -0.05) is 54.1 Å². The van der Waals surface area contributed by atoms with Gasteiger partial charge in [0, 0.05) is 23.5 Å². The monoisotopic (exact) mass is 346 g/mol. The van der Waals surface area contributed by atoms with Gasteiger partial charge < -0.3 is 10.3 Å². The molecule has 1 heterocycles. The van der Waals surface area contributed by atoms with Gasteiger partial charge in [0.15, 0.2) is 0 Å². The molecule has 0 aliphatic rings. The van der Waals surface area contributed by atoms with Crippen molar-refractivity contribution in [2.24, 2.45) is 5.73 Å². The van der Waals surface area contributed by atoms with Gasteiger partial charge in [-0.3, -0.25) is 4.79 Å². The highest BCUT2D eigenvalue weighted by Gasteiger charge is 2.17. The number of amides is 1. The molecule has 134 valence electrons. The van der Waals surface area contributed by atoms with Crippen molar-refractivity contribution in [3.05, 3.63) is 82.5 Å². The van der Waals surface area contributed by atoms with Crippen LogP contribution in [0.3, 0.4) is 0 Å². The molecular formula is C23H26N2O. The lowest BCUT2D eigenvalue weighted by Crippen LogP contribution is -2.12. The molecule has 3 aromatic rings. The molecule has 26 heavy (non-hydrogen) atoms. The Morgan fingerprint density at radius 3 is 2.38 bits per heavy atom. The molecule has 0 spiro atoms. The number of hydrogen-bond acceptors (Lipinski definition) is 1. The van der Waals surface area contributed by atoms with Crippen LogP contribution in [0.1, 0.15) is 39.2 Å². The fourth-order valence-electron chi connectivity index (χ4n) is 3.59. The van der Waals surface area contributed by atoms with Crippen LogP contribution in [0, 0.1) is 20.8 Å². The quantitative estimate of drug-likeness (QED) is 0.684. The van der Waals surface area contributed by atoms with Crippen LogP contribution in [0.4, 0.5) is 0 Å². The van der Waals surface area contributed by atoms with E-state index in [0.717, 1.165) is 36.3 Å². The average molecular weight is 346 g/mol. The molecule has 0 saturated carbocycles. The number of primary amides is 1.